The van der Waals surface area contributed by atoms with Crippen molar-refractivity contribution in [1.29, 1.82) is 0 Å². The van der Waals surface area contributed by atoms with Crippen LogP contribution in [0.2, 0.25) is 5.02 Å². The number of nitrogens with zero attached hydrogens (tertiary/aromatic N) is 1. The van der Waals surface area contributed by atoms with Crippen molar-refractivity contribution < 1.29 is 4.39 Å². The van der Waals surface area contributed by atoms with Gasteiger partial charge in [0.05, 0.1) is 11.2 Å². The Balaban J connectivity index is 2.81. The Kier molecular flexibility index (Phi) is 3.48. The van der Waals surface area contributed by atoms with Crippen molar-refractivity contribution in [3.63, 3.8) is 0 Å². The molecular formula is C9H9ClFN3. The van der Waals surface area contributed by atoms with Gasteiger partial charge in [-0.2, -0.15) is 5.10 Å². The van der Waals surface area contributed by atoms with Crippen LogP contribution < -0.4 is 11.2 Å². The third-order valence-electron chi connectivity index (χ3n) is 1.39. The predicted molar refractivity (Wildman–Crippen MR) is 55.5 cm³/mol. The number of hydrogen-bond acceptors (Lipinski definition) is 3. The lowest BCUT2D eigenvalue weighted by Gasteiger charge is -1.99. The fourth-order valence-corrected chi connectivity index (χ4v) is 0.980. The monoisotopic (exact) mass is 213 g/mol. The predicted octanol–water partition coefficient (Wildman–Crippen LogP) is 1.83. The number of nitrogens with two attached hydrogens (primary N) is 1. The number of nitrogens with one attached hydrogen (secondary N) is 1. The summed E-state index contributed by atoms with van der Waals surface area (Å²) in [7, 11) is 0. The molecule has 0 heterocycles. The van der Waals surface area contributed by atoms with E-state index in [0.717, 1.165) is 0 Å². The molecule has 0 bridgehead atoms. The second kappa shape index (κ2) is 4.62. The van der Waals surface area contributed by atoms with Crippen molar-refractivity contribution in [1.82, 2.24) is 5.43 Å². The second-order valence-electron chi connectivity index (χ2n) is 2.54. The molecule has 1 rings (SSSR count). The van der Waals surface area contributed by atoms with Crippen molar-refractivity contribution in [2.45, 2.75) is 0 Å². The smallest absolute Gasteiger partial charge is 0.142 e. The van der Waals surface area contributed by atoms with E-state index in [1.54, 1.807) is 12.1 Å². The molecule has 0 fully saturated rings. The summed E-state index contributed by atoms with van der Waals surface area (Å²) >= 11 is 5.66. The second-order valence-corrected chi connectivity index (χ2v) is 2.92. The molecule has 0 saturated carbocycles. The lowest BCUT2D eigenvalue weighted by Crippen LogP contribution is -2.12. The zero-order valence-corrected chi connectivity index (χ0v) is 8.05. The van der Waals surface area contributed by atoms with E-state index in [4.69, 9.17) is 17.3 Å². The average Bonchev–Trinajstić information content (AvgIpc) is 2.12. The first-order valence-electron chi connectivity index (χ1n) is 3.78. The van der Waals surface area contributed by atoms with Gasteiger partial charge in [-0.3, -0.25) is 5.43 Å². The highest BCUT2D eigenvalue weighted by atomic mass is 35.5. The van der Waals surface area contributed by atoms with Crippen molar-refractivity contribution >= 4 is 17.8 Å². The molecule has 0 aliphatic heterocycles. The summed E-state index contributed by atoms with van der Waals surface area (Å²) in [5.41, 5.74) is 8.08. The first-order valence-corrected chi connectivity index (χ1v) is 4.16. The minimum atomic E-state index is -0.484. The Morgan fingerprint density at radius 1 is 1.64 bits per heavy atom. The quantitative estimate of drug-likeness (QED) is 0.595. The van der Waals surface area contributed by atoms with Crippen LogP contribution in [0.3, 0.4) is 0 Å². The maximum absolute atomic E-state index is 12.9. The van der Waals surface area contributed by atoms with Crippen LogP contribution in [0.25, 0.3) is 0 Å². The third kappa shape index (κ3) is 2.74. The Morgan fingerprint density at radius 2 is 2.36 bits per heavy atom. The molecule has 3 N–H and O–H groups in total. The summed E-state index contributed by atoms with van der Waals surface area (Å²) < 4.78 is 12.9. The highest BCUT2D eigenvalue weighted by molar-refractivity contribution is 6.33. The Labute approximate surface area is 86.1 Å². The van der Waals surface area contributed by atoms with Crippen LogP contribution in [0.5, 0.6) is 0 Å². The number of benzene rings is 1. The lowest BCUT2D eigenvalue weighted by atomic mass is 10.2. The molecule has 0 aliphatic carbocycles. The topological polar surface area (TPSA) is 50.4 Å². The van der Waals surface area contributed by atoms with Crippen LogP contribution in [-0.4, -0.2) is 6.21 Å². The van der Waals surface area contributed by atoms with Crippen molar-refractivity contribution in [2.75, 3.05) is 0 Å². The van der Waals surface area contributed by atoms with Crippen LogP contribution in [0.4, 0.5) is 4.39 Å². The van der Waals surface area contributed by atoms with Gasteiger partial charge in [0, 0.05) is 5.56 Å². The molecule has 0 spiro atoms. The number of hydrogen-bond donors (Lipinski definition) is 2. The average molecular weight is 214 g/mol. The highest BCUT2D eigenvalue weighted by Gasteiger charge is 2.02. The maximum atomic E-state index is 12.9. The van der Waals surface area contributed by atoms with E-state index in [0.29, 0.717) is 5.56 Å². The summed E-state index contributed by atoms with van der Waals surface area (Å²) in [5.74, 6) is -0.282. The van der Waals surface area contributed by atoms with Crippen molar-refractivity contribution in [3.05, 3.63) is 47.0 Å². The first-order chi connectivity index (χ1) is 6.61. The van der Waals surface area contributed by atoms with Gasteiger partial charge < -0.3 is 5.73 Å². The van der Waals surface area contributed by atoms with Gasteiger partial charge in [0.25, 0.3) is 0 Å². The minimum Gasteiger partial charge on any atom is -0.385 e. The van der Waals surface area contributed by atoms with Gasteiger partial charge in [0.15, 0.2) is 0 Å². The van der Waals surface area contributed by atoms with Crippen LogP contribution >= 0.6 is 11.6 Å². The van der Waals surface area contributed by atoms with Crippen molar-refractivity contribution in [3.8, 4) is 0 Å². The number of hydrazone groups is 1. The molecule has 1 aromatic carbocycles. The summed E-state index contributed by atoms with van der Waals surface area (Å²) in [6.07, 6.45) is 1.36. The van der Waals surface area contributed by atoms with E-state index in [1.807, 2.05) is 0 Å². The van der Waals surface area contributed by atoms with Gasteiger partial charge in [-0.1, -0.05) is 30.3 Å². The van der Waals surface area contributed by atoms with Gasteiger partial charge >= 0.3 is 0 Å². The first kappa shape index (κ1) is 10.5. The Hall–Kier alpha value is -1.55. The van der Waals surface area contributed by atoms with E-state index in [1.165, 1.54) is 12.3 Å². The molecule has 0 unspecified atom stereocenters. The van der Waals surface area contributed by atoms with E-state index in [9.17, 15) is 4.39 Å². The van der Waals surface area contributed by atoms with Crippen LogP contribution in [0, 0.1) is 5.82 Å². The molecule has 0 saturated heterocycles. The van der Waals surface area contributed by atoms with E-state index in [-0.39, 0.29) is 10.8 Å². The summed E-state index contributed by atoms with van der Waals surface area (Å²) in [5, 5.41) is 3.72. The van der Waals surface area contributed by atoms with Gasteiger partial charge in [-0.15, -0.1) is 0 Å². The third-order valence-corrected chi connectivity index (χ3v) is 1.79. The van der Waals surface area contributed by atoms with Crippen molar-refractivity contribution in [2.24, 2.45) is 10.8 Å². The summed E-state index contributed by atoms with van der Waals surface area (Å²) in [4.78, 5) is 0. The summed E-state index contributed by atoms with van der Waals surface area (Å²) in [6.45, 7) is 3.37. The van der Waals surface area contributed by atoms with Crippen LogP contribution in [0.15, 0.2) is 35.7 Å². The fraction of sp³-hybridized carbons (Fsp3) is 0. The molecule has 74 valence electrons. The molecule has 0 aliphatic rings. The molecule has 14 heavy (non-hydrogen) atoms. The van der Waals surface area contributed by atoms with E-state index in [2.05, 4.69) is 17.1 Å². The zero-order valence-electron chi connectivity index (χ0n) is 7.30. The normalized spacial score (nSPS) is 10.4. The molecular weight excluding hydrogens is 205 g/mol. The number of halogens is 2. The molecule has 5 heteroatoms. The molecule has 0 aromatic heterocycles. The maximum Gasteiger partial charge on any atom is 0.142 e. The summed E-state index contributed by atoms with van der Waals surface area (Å²) in [6, 6.07) is 4.45. The Bertz CT molecular complexity index is 376. The molecule has 3 nitrogen and oxygen atoms in total. The largest absolute Gasteiger partial charge is 0.385 e. The van der Waals surface area contributed by atoms with Crippen LogP contribution in [0.1, 0.15) is 5.56 Å². The van der Waals surface area contributed by atoms with E-state index < -0.39 is 5.82 Å². The van der Waals surface area contributed by atoms with Crippen LogP contribution in [-0.2, 0) is 0 Å². The van der Waals surface area contributed by atoms with Gasteiger partial charge in [-0.05, 0) is 6.07 Å². The fourth-order valence-electron chi connectivity index (χ4n) is 0.805. The Morgan fingerprint density at radius 3 is 3.00 bits per heavy atom. The molecule has 1 aromatic rings. The van der Waals surface area contributed by atoms with Gasteiger partial charge in [0.2, 0.25) is 0 Å². The zero-order chi connectivity index (χ0) is 10.6. The molecule has 0 atom stereocenters. The molecule has 0 amide bonds. The highest BCUT2D eigenvalue weighted by Crippen LogP contribution is 2.17. The number of rotatable bonds is 3. The van der Waals surface area contributed by atoms with Gasteiger partial charge in [0.1, 0.15) is 11.6 Å². The molecule has 0 radical (unpaired) electrons. The van der Waals surface area contributed by atoms with Gasteiger partial charge in [-0.25, -0.2) is 4.39 Å². The standard InChI is InChI=1S/C9H9ClFN3/c1-6(12)14-13-5-7-3-2-4-8(11)9(7)10/h2-5,14H,1,12H2/b13-5+. The minimum absolute atomic E-state index is 0.0284. The SMILES string of the molecule is C=C(N)N/N=C/c1cccc(F)c1Cl. The van der Waals surface area contributed by atoms with E-state index >= 15 is 0 Å². The lowest BCUT2D eigenvalue weighted by molar-refractivity contribution is 0.628.